The number of ether oxygens (including phenoxy) is 1. The van der Waals surface area contributed by atoms with Gasteiger partial charge in [0.15, 0.2) is 6.73 Å². The van der Waals surface area contributed by atoms with E-state index in [4.69, 9.17) is 10.5 Å². The number of carbonyl (C=O) groups excluding carboxylic acids is 1. The number of likely N-dealkylation sites (tertiary alicyclic amines) is 1. The number of nitrogens with one attached hydrogen (secondary N) is 1. The fraction of sp³-hybridized carbons (Fsp3) is 0.304. The zero-order valence-electron chi connectivity index (χ0n) is 17.0. The predicted molar refractivity (Wildman–Crippen MR) is 117 cm³/mol. The van der Waals surface area contributed by atoms with Gasteiger partial charge in [-0.1, -0.05) is 12.1 Å². The largest absolute Gasteiger partial charge is 0.428 e. The molecule has 0 aliphatic carbocycles. The highest BCUT2D eigenvalue weighted by Crippen LogP contribution is 2.34. The lowest BCUT2D eigenvalue weighted by Gasteiger charge is -2.26. The Morgan fingerprint density at radius 1 is 1.23 bits per heavy atom. The zero-order chi connectivity index (χ0) is 21.1. The topological polar surface area (TPSA) is 80.5 Å². The van der Waals surface area contributed by atoms with Gasteiger partial charge in [-0.25, -0.2) is 14.2 Å². The fourth-order valence-electron chi connectivity index (χ4n) is 3.90. The Morgan fingerprint density at radius 2 is 2.03 bits per heavy atom. The molecule has 1 fully saturated rings. The maximum absolute atomic E-state index is 14.6. The number of benzene rings is 2. The summed E-state index contributed by atoms with van der Waals surface area (Å²) in [7, 11) is 0. The van der Waals surface area contributed by atoms with Crippen molar-refractivity contribution in [2.75, 3.05) is 30.9 Å². The first-order chi connectivity index (χ1) is 14.5. The van der Waals surface area contributed by atoms with Gasteiger partial charge in [-0.2, -0.15) is 0 Å². The minimum absolute atomic E-state index is 0.00632. The van der Waals surface area contributed by atoms with Crippen molar-refractivity contribution in [2.24, 2.45) is 0 Å². The lowest BCUT2D eigenvalue weighted by atomic mass is 9.96. The number of hydrogen-bond acceptors (Lipinski definition) is 5. The molecule has 4 rings (SSSR count). The van der Waals surface area contributed by atoms with Gasteiger partial charge < -0.3 is 20.7 Å². The lowest BCUT2D eigenvalue weighted by molar-refractivity contribution is 0.101. The van der Waals surface area contributed by atoms with Crippen molar-refractivity contribution in [3.8, 4) is 11.1 Å². The van der Waals surface area contributed by atoms with Gasteiger partial charge in [0, 0.05) is 41.3 Å². The molecule has 3 aromatic rings. The number of fused-ring (bicyclic) bond motifs is 1. The van der Waals surface area contributed by atoms with Gasteiger partial charge in [0.25, 0.3) is 0 Å². The highest BCUT2D eigenvalue weighted by Gasteiger charge is 2.18. The van der Waals surface area contributed by atoms with Crippen molar-refractivity contribution in [1.82, 2.24) is 9.88 Å². The summed E-state index contributed by atoms with van der Waals surface area (Å²) in [5.74, 6) is 0.0888. The Balaban J connectivity index is 1.62. The number of amides is 1. The van der Waals surface area contributed by atoms with Crippen molar-refractivity contribution < 1.29 is 13.9 Å². The summed E-state index contributed by atoms with van der Waals surface area (Å²) in [5, 5.41) is 4.80. The van der Waals surface area contributed by atoms with Crippen LogP contribution >= 0.6 is 0 Å². The highest BCUT2D eigenvalue weighted by atomic mass is 19.1. The molecule has 1 aromatic heterocycles. The molecule has 0 bridgehead atoms. The quantitative estimate of drug-likeness (QED) is 0.599. The molecule has 1 amide bonds. The average molecular weight is 408 g/mol. The van der Waals surface area contributed by atoms with Gasteiger partial charge in [0.05, 0.1) is 0 Å². The van der Waals surface area contributed by atoms with Crippen LogP contribution in [0.2, 0.25) is 0 Å². The van der Waals surface area contributed by atoms with Gasteiger partial charge in [0.1, 0.15) is 11.6 Å². The van der Waals surface area contributed by atoms with Crippen molar-refractivity contribution in [3.63, 3.8) is 0 Å². The number of aryl methyl sites for hydroxylation is 1. The molecule has 30 heavy (non-hydrogen) atoms. The molecule has 2 aromatic carbocycles. The Morgan fingerprint density at radius 3 is 2.80 bits per heavy atom. The first-order valence-corrected chi connectivity index (χ1v) is 10.1. The van der Waals surface area contributed by atoms with E-state index in [2.05, 4.69) is 10.3 Å². The van der Waals surface area contributed by atoms with E-state index >= 15 is 0 Å². The van der Waals surface area contributed by atoms with Crippen LogP contribution in [0.5, 0.6) is 0 Å². The number of nitrogens with zero attached hydrogens (tertiary/aromatic N) is 2. The number of carbonyl (C=O) groups is 1. The van der Waals surface area contributed by atoms with Crippen LogP contribution in [0.4, 0.5) is 20.7 Å². The van der Waals surface area contributed by atoms with E-state index in [0.29, 0.717) is 17.1 Å². The molecule has 3 N–H and O–H groups in total. The van der Waals surface area contributed by atoms with Crippen molar-refractivity contribution in [3.05, 3.63) is 54.0 Å². The SMILES string of the molecule is Cc1cccc(F)c1-c1cc(NCOC(=O)N2CCCCC2)c2cc(N)ncc2c1. The van der Waals surface area contributed by atoms with Crippen LogP contribution in [0.3, 0.4) is 0 Å². The number of pyridine rings is 1. The minimum atomic E-state index is -0.325. The van der Waals surface area contributed by atoms with Crippen LogP contribution in [-0.4, -0.2) is 35.8 Å². The molecule has 0 unspecified atom stereocenters. The lowest BCUT2D eigenvalue weighted by Crippen LogP contribution is -2.36. The molecule has 0 radical (unpaired) electrons. The number of piperidine rings is 1. The fourth-order valence-corrected chi connectivity index (χ4v) is 3.90. The molecule has 0 saturated carbocycles. The number of nitrogens with two attached hydrogens (primary N) is 1. The summed E-state index contributed by atoms with van der Waals surface area (Å²) in [6, 6.07) is 10.5. The summed E-state index contributed by atoms with van der Waals surface area (Å²) >= 11 is 0. The molecule has 1 saturated heterocycles. The summed E-state index contributed by atoms with van der Waals surface area (Å²) in [5.41, 5.74) is 8.66. The zero-order valence-corrected chi connectivity index (χ0v) is 17.0. The maximum Gasteiger partial charge on any atom is 0.411 e. The standard InChI is InChI=1S/C23H25FN4O2/c1-15-6-5-7-19(24)22(15)16-10-17-13-26-21(25)12-18(17)20(11-16)27-14-30-23(29)28-8-3-2-4-9-28/h5-7,10-13,27H,2-4,8-9,14H2,1H3,(H2,25,26). The molecule has 2 heterocycles. The first-order valence-electron chi connectivity index (χ1n) is 10.1. The third-order valence-corrected chi connectivity index (χ3v) is 5.44. The van der Waals surface area contributed by atoms with Crippen molar-refractivity contribution in [1.29, 1.82) is 0 Å². The number of rotatable bonds is 4. The number of halogens is 1. The van der Waals surface area contributed by atoms with Crippen molar-refractivity contribution in [2.45, 2.75) is 26.2 Å². The smallest absolute Gasteiger partial charge is 0.411 e. The van der Waals surface area contributed by atoms with E-state index in [0.717, 1.165) is 54.3 Å². The highest BCUT2D eigenvalue weighted by molar-refractivity contribution is 5.98. The minimum Gasteiger partial charge on any atom is -0.428 e. The number of anilines is 2. The Kier molecular flexibility index (Phi) is 5.70. The monoisotopic (exact) mass is 408 g/mol. The van der Waals surface area contributed by atoms with Crippen LogP contribution in [0, 0.1) is 12.7 Å². The van der Waals surface area contributed by atoms with Crippen LogP contribution in [-0.2, 0) is 4.74 Å². The van der Waals surface area contributed by atoms with E-state index in [1.54, 1.807) is 23.2 Å². The Bertz CT molecular complexity index is 1060. The van der Waals surface area contributed by atoms with Gasteiger partial charge in [-0.05, 0) is 61.6 Å². The van der Waals surface area contributed by atoms with Crippen molar-refractivity contribution >= 4 is 28.4 Å². The number of nitrogen functional groups attached to an aromatic ring is 1. The van der Waals surface area contributed by atoms with Crippen LogP contribution in [0.1, 0.15) is 24.8 Å². The normalized spacial score (nSPS) is 14.0. The molecule has 0 atom stereocenters. The third-order valence-electron chi connectivity index (χ3n) is 5.44. The van der Waals surface area contributed by atoms with E-state index in [9.17, 15) is 9.18 Å². The second-order valence-electron chi connectivity index (χ2n) is 7.56. The predicted octanol–water partition coefficient (Wildman–Crippen LogP) is 4.92. The summed E-state index contributed by atoms with van der Waals surface area (Å²) in [4.78, 5) is 18.2. The van der Waals surface area contributed by atoms with Crippen LogP contribution in [0.25, 0.3) is 21.9 Å². The third kappa shape index (κ3) is 4.15. The molecule has 156 valence electrons. The molecule has 0 spiro atoms. The van der Waals surface area contributed by atoms with E-state index in [1.165, 1.54) is 6.07 Å². The summed E-state index contributed by atoms with van der Waals surface area (Å²) < 4.78 is 20.0. The number of hydrogen-bond donors (Lipinski definition) is 2. The molecular formula is C23H25FN4O2. The van der Waals surface area contributed by atoms with E-state index in [-0.39, 0.29) is 18.6 Å². The van der Waals surface area contributed by atoms with Crippen LogP contribution in [0.15, 0.2) is 42.6 Å². The van der Waals surface area contributed by atoms with Gasteiger partial charge in [-0.3, -0.25) is 0 Å². The molecular weight excluding hydrogens is 383 g/mol. The number of aromatic nitrogens is 1. The van der Waals surface area contributed by atoms with E-state index < -0.39 is 0 Å². The average Bonchev–Trinajstić information content (AvgIpc) is 2.74. The van der Waals surface area contributed by atoms with Gasteiger partial charge in [0.2, 0.25) is 0 Å². The maximum atomic E-state index is 14.6. The Hall–Kier alpha value is -3.35. The van der Waals surface area contributed by atoms with Gasteiger partial charge in [-0.15, -0.1) is 0 Å². The van der Waals surface area contributed by atoms with Crippen LogP contribution < -0.4 is 11.1 Å². The summed E-state index contributed by atoms with van der Waals surface area (Å²) in [6.45, 7) is 3.34. The van der Waals surface area contributed by atoms with E-state index in [1.807, 2.05) is 25.1 Å². The molecule has 6 nitrogen and oxygen atoms in total. The second kappa shape index (κ2) is 8.57. The molecule has 7 heteroatoms. The molecule has 1 aliphatic heterocycles. The Labute approximate surface area is 174 Å². The summed E-state index contributed by atoms with van der Waals surface area (Å²) in [6.07, 6.45) is 4.49. The molecule has 1 aliphatic rings. The second-order valence-corrected chi connectivity index (χ2v) is 7.56. The first kappa shape index (κ1) is 19.9. The van der Waals surface area contributed by atoms with Gasteiger partial charge >= 0.3 is 6.09 Å².